The van der Waals surface area contributed by atoms with Crippen LogP contribution in [-0.4, -0.2) is 6.61 Å². The molecular formula is C31H28ClF5O. The molecule has 0 saturated heterocycles. The molecule has 0 radical (unpaired) electrons. The molecule has 4 rings (SSSR count). The van der Waals surface area contributed by atoms with E-state index in [1.807, 2.05) is 0 Å². The molecule has 4 aromatic rings. The Morgan fingerprint density at radius 1 is 0.684 bits per heavy atom. The van der Waals surface area contributed by atoms with Gasteiger partial charge in [-0.2, -0.15) is 0 Å². The van der Waals surface area contributed by atoms with Crippen molar-refractivity contribution in [3.8, 4) is 5.75 Å². The van der Waals surface area contributed by atoms with Gasteiger partial charge in [0.25, 0.3) is 0 Å². The number of rotatable bonds is 11. The van der Waals surface area contributed by atoms with Crippen LogP contribution in [0.3, 0.4) is 0 Å². The van der Waals surface area contributed by atoms with Crippen molar-refractivity contribution in [3.63, 3.8) is 0 Å². The summed E-state index contributed by atoms with van der Waals surface area (Å²) in [4.78, 5) is 0. The normalized spacial score (nSPS) is 11.3. The van der Waals surface area contributed by atoms with Gasteiger partial charge in [-0.3, -0.25) is 0 Å². The quantitative estimate of drug-likeness (QED) is 0.103. The van der Waals surface area contributed by atoms with Crippen molar-refractivity contribution >= 4 is 22.4 Å². The van der Waals surface area contributed by atoms with Crippen LogP contribution in [0.4, 0.5) is 22.0 Å². The van der Waals surface area contributed by atoms with Crippen LogP contribution in [0.15, 0.2) is 54.6 Å². The fraction of sp³-hybridized carbons (Fsp3) is 0.290. The number of aryl methyl sites for hydroxylation is 3. The molecule has 4 aromatic carbocycles. The van der Waals surface area contributed by atoms with Crippen LogP contribution in [0.5, 0.6) is 5.75 Å². The summed E-state index contributed by atoms with van der Waals surface area (Å²) in [5.74, 6) is -3.21. The van der Waals surface area contributed by atoms with Gasteiger partial charge in [0.15, 0.2) is 0 Å². The van der Waals surface area contributed by atoms with Gasteiger partial charge in [0.2, 0.25) is 0 Å². The van der Waals surface area contributed by atoms with Gasteiger partial charge < -0.3 is 4.74 Å². The summed E-state index contributed by atoms with van der Waals surface area (Å²) in [5, 5.41) is 0.501. The van der Waals surface area contributed by atoms with Gasteiger partial charge >= 0.3 is 0 Å². The summed E-state index contributed by atoms with van der Waals surface area (Å²) in [5.41, 5.74) is 1.61. The second kappa shape index (κ2) is 12.6. The maximum absolute atomic E-state index is 15.2. The van der Waals surface area contributed by atoms with Crippen LogP contribution >= 0.6 is 11.6 Å². The third-order valence-electron chi connectivity index (χ3n) is 6.62. The fourth-order valence-corrected chi connectivity index (χ4v) is 4.59. The molecular weight excluding hydrogens is 519 g/mol. The van der Waals surface area contributed by atoms with Crippen molar-refractivity contribution < 1.29 is 26.7 Å². The van der Waals surface area contributed by atoms with Crippen molar-refractivity contribution in [1.29, 1.82) is 0 Å². The van der Waals surface area contributed by atoms with E-state index in [2.05, 4.69) is 6.92 Å². The molecule has 0 spiro atoms. The van der Waals surface area contributed by atoms with Gasteiger partial charge in [0.1, 0.15) is 39.9 Å². The Morgan fingerprint density at radius 2 is 1.37 bits per heavy atom. The first-order valence-electron chi connectivity index (χ1n) is 12.7. The molecule has 0 amide bonds. The summed E-state index contributed by atoms with van der Waals surface area (Å²) in [7, 11) is 0. The van der Waals surface area contributed by atoms with Gasteiger partial charge in [-0.15, -0.1) is 0 Å². The smallest absolute Gasteiger partial charge is 0.145 e. The summed E-state index contributed by atoms with van der Waals surface area (Å²) in [6.45, 7) is 2.48. The van der Waals surface area contributed by atoms with E-state index in [1.165, 1.54) is 12.1 Å². The third-order valence-corrected chi connectivity index (χ3v) is 6.98. The number of halogens is 6. The highest BCUT2D eigenvalue weighted by atomic mass is 35.5. The molecule has 0 aliphatic rings. The lowest BCUT2D eigenvalue weighted by Gasteiger charge is -2.11. The van der Waals surface area contributed by atoms with Crippen molar-refractivity contribution in [3.05, 3.63) is 111 Å². The minimum Gasteiger partial charge on any atom is -0.493 e. The van der Waals surface area contributed by atoms with E-state index >= 15 is 4.39 Å². The van der Waals surface area contributed by atoms with Crippen LogP contribution < -0.4 is 4.74 Å². The second-order valence-corrected chi connectivity index (χ2v) is 9.77. The van der Waals surface area contributed by atoms with Gasteiger partial charge in [0.05, 0.1) is 6.61 Å². The minimum atomic E-state index is -0.848. The first-order chi connectivity index (χ1) is 18.3. The number of unbranched alkanes of at least 4 members (excludes halogenated alkanes) is 2. The molecule has 1 nitrogen and oxygen atoms in total. The summed E-state index contributed by atoms with van der Waals surface area (Å²) < 4.78 is 77.2. The highest BCUT2D eigenvalue weighted by Gasteiger charge is 2.14. The van der Waals surface area contributed by atoms with E-state index < -0.39 is 34.1 Å². The zero-order valence-corrected chi connectivity index (χ0v) is 21.8. The van der Waals surface area contributed by atoms with Crippen molar-refractivity contribution in [2.45, 2.75) is 51.9 Å². The predicted octanol–water partition coefficient (Wildman–Crippen LogP) is 9.33. The Morgan fingerprint density at radius 3 is 2.05 bits per heavy atom. The molecule has 0 N–H and O–H groups in total. The van der Waals surface area contributed by atoms with Gasteiger partial charge in [-0.05, 0) is 66.3 Å². The lowest BCUT2D eigenvalue weighted by atomic mass is 9.97. The Kier molecular flexibility index (Phi) is 9.26. The van der Waals surface area contributed by atoms with Crippen LogP contribution in [0.25, 0.3) is 10.8 Å². The molecule has 0 heterocycles. The number of benzene rings is 4. The Bertz CT molecular complexity index is 1390. The highest BCUT2D eigenvalue weighted by molar-refractivity contribution is 6.30. The molecule has 38 heavy (non-hydrogen) atoms. The number of ether oxygens (including phenoxy) is 1. The van der Waals surface area contributed by atoms with Gasteiger partial charge in [-0.25, -0.2) is 22.0 Å². The molecule has 0 unspecified atom stereocenters. The lowest BCUT2D eigenvalue weighted by Crippen LogP contribution is -2.03. The molecule has 0 fully saturated rings. The topological polar surface area (TPSA) is 9.23 Å². The van der Waals surface area contributed by atoms with E-state index in [0.717, 1.165) is 37.0 Å². The number of hydrogen-bond donors (Lipinski definition) is 0. The van der Waals surface area contributed by atoms with Crippen molar-refractivity contribution in [2.24, 2.45) is 0 Å². The maximum Gasteiger partial charge on any atom is 0.145 e. The zero-order valence-electron chi connectivity index (χ0n) is 21.0. The van der Waals surface area contributed by atoms with Crippen molar-refractivity contribution in [2.75, 3.05) is 6.61 Å². The predicted molar refractivity (Wildman–Crippen MR) is 141 cm³/mol. The number of hydrogen-bond acceptors (Lipinski definition) is 1. The highest BCUT2D eigenvalue weighted by Crippen LogP contribution is 2.27. The Labute approximate surface area is 224 Å². The minimum absolute atomic E-state index is 0.0115. The fourth-order valence-electron chi connectivity index (χ4n) is 4.48. The molecule has 0 saturated carbocycles. The van der Waals surface area contributed by atoms with E-state index in [-0.39, 0.29) is 30.6 Å². The summed E-state index contributed by atoms with van der Waals surface area (Å²) >= 11 is 5.52. The van der Waals surface area contributed by atoms with E-state index in [4.69, 9.17) is 16.3 Å². The van der Waals surface area contributed by atoms with Crippen LogP contribution in [0.2, 0.25) is 5.02 Å². The van der Waals surface area contributed by atoms with Gasteiger partial charge in [-0.1, -0.05) is 61.7 Å². The molecule has 200 valence electrons. The van der Waals surface area contributed by atoms with Gasteiger partial charge in [0, 0.05) is 23.1 Å². The van der Waals surface area contributed by atoms with E-state index in [0.29, 0.717) is 34.9 Å². The largest absolute Gasteiger partial charge is 0.493 e. The Balaban J connectivity index is 1.42. The monoisotopic (exact) mass is 546 g/mol. The first-order valence-corrected chi connectivity index (χ1v) is 13.1. The SMILES string of the molecule is CCCCCOc1cc(F)c(CCc2ccc3c(F)c(CCc4cc(F)c(Cl)c(F)c4)ccc3c2)c(F)c1. The molecule has 0 aliphatic heterocycles. The molecule has 0 aromatic heterocycles. The lowest BCUT2D eigenvalue weighted by molar-refractivity contribution is 0.302. The molecule has 0 atom stereocenters. The average Bonchev–Trinajstić information content (AvgIpc) is 2.89. The molecule has 0 bridgehead atoms. The van der Waals surface area contributed by atoms with Crippen LogP contribution in [-0.2, 0) is 25.7 Å². The van der Waals surface area contributed by atoms with Crippen LogP contribution in [0.1, 0.15) is 48.4 Å². The average molecular weight is 547 g/mol. The summed E-state index contributed by atoms with van der Waals surface area (Å²) in [6.07, 6.45) is 3.86. The number of fused-ring (bicyclic) bond motifs is 1. The standard InChI is InChI=1S/C31H28ClF5O/c1-2-3-4-13-38-23-17-26(33)25(27(34)18-23)12-7-19-6-11-24-22(14-19)10-9-21(31(24)37)8-5-20-15-28(35)30(32)29(36)16-20/h6,9-11,14-18H,2-5,7-8,12-13H2,1H3. The first kappa shape index (κ1) is 27.9. The van der Waals surface area contributed by atoms with E-state index in [9.17, 15) is 17.6 Å². The molecule has 0 aliphatic carbocycles. The Hall–Kier alpha value is -3.12. The second-order valence-electron chi connectivity index (χ2n) is 9.39. The molecule has 7 heteroatoms. The maximum atomic E-state index is 15.2. The zero-order chi connectivity index (χ0) is 27.2. The summed E-state index contributed by atoms with van der Waals surface area (Å²) in [6, 6.07) is 13.3. The van der Waals surface area contributed by atoms with Crippen LogP contribution in [0, 0.1) is 29.1 Å². The van der Waals surface area contributed by atoms with Crippen molar-refractivity contribution in [1.82, 2.24) is 0 Å². The third kappa shape index (κ3) is 6.65. The van der Waals surface area contributed by atoms with E-state index in [1.54, 1.807) is 30.3 Å².